The normalized spacial score (nSPS) is 12.8. The number of rotatable bonds is 4. The third-order valence-corrected chi connectivity index (χ3v) is 9.96. The molecule has 0 N–H and O–H groups in total. The summed E-state index contributed by atoms with van der Waals surface area (Å²) in [6.07, 6.45) is 1.81. The number of aromatic nitrogens is 1. The summed E-state index contributed by atoms with van der Waals surface area (Å²) in [7, 11) is 0. The van der Waals surface area contributed by atoms with E-state index in [0.717, 1.165) is 53.0 Å². The molecule has 7 aromatic rings. The molecule has 2 aromatic heterocycles. The average molecular weight is 606 g/mol. The Hall–Kier alpha value is -5.09. The van der Waals surface area contributed by atoms with Gasteiger partial charge in [0.25, 0.3) is 0 Å². The van der Waals surface area contributed by atoms with Gasteiger partial charge in [-0.3, -0.25) is 0 Å². The predicted octanol–water partition coefficient (Wildman–Crippen LogP) is 8.53. The van der Waals surface area contributed by atoms with Gasteiger partial charge in [-0.05, 0) is 0 Å². The SMILES string of the molecule is O=C1C(=Cc2ccc(N(c3ccccc3)c3ccc4ccccc4n3)[se]2)C(=O)c2c1c1ccccc1c1ccccc21. The van der Waals surface area contributed by atoms with Crippen LogP contribution in [0.2, 0.25) is 0 Å². The third-order valence-electron chi connectivity index (χ3n) is 7.82. The number of anilines is 3. The van der Waals surface area contributed by atoms with Crippen LogP contribution in [0.25, 0.3) is 38.5 Å². The average Bonchev–Trinajstić information content (AvgIpc) is 3.60. The van der Waals surface area contributed by atoms with E-state index in [1.54, 1.807) is 0 Å². The van der Waals surface area contributed by atoms with Crippen LogP contribution < -0.4 is 4.90 Å². The number of para-hydroxylation sites is 2. The van der Waals surface area contributed by atoms with Crippen molar-refractivity contribution < 1.29 is 9.59 Å². The fraction of sp³-hybridized carbons (Fsp3) is 0. The molecule has 0 radical (unpaired) electrons. The number of fused-ring (bicyclic) bond motifs is 7. The molecule has 1 aliphatic carbocycles. The minimum atomic E-state index is -0.196. The fourth-order valence-corrected chi connectivity index (χ4v) is 7.99. The van der Waals surface area contributed by atoms with E-state index in [1.165, 1.54) is 0 Å². The zero-order chi connectivity index (χ0) is 28.2. The summed E-state index contributed by atoms with van der Waals surface area (Å²) in [5.41, 5.74) is 3.22. The molecule has 0 aliphatic heterocycles. The van der Waals surface area contributed by atoms with E-state index in [4.69, 9.17) is 4.98 Å². The van der Waals surface area contributed by atoms with Crippen LogP contribution in [0, 0.1) is 0 Å². The van der Waals surface area contributed by atoms with Crippen molar-refractivity contribution in [3.05, 3.63) is 149 Å². The van der Waals surface area contributed by atoms with Crippen LogP contribution in [0.5, 0.6) is 0 Å². The van der Waals surface area contributed by atoms with Crippen LogP contribution in [-0.4, -0.2) is 31.1 Å². The Labute approximate surface area is 247 Å². The van der Waals surface area contributed by atoms with E-state index in [1.807, 2.05) is 103 Å². The van der Waals surface area contributed by atoms with E-state index in [9.17, 15) is 9.59 Å². The second kappa shape index (κ2) is 9.78. The number of Topliss-reactive ketones (excluding diaryl/α,β-unsaturated/α-hetero) is 2. The maximum atomic E-state index is 13.9. The molecule has 5 aromatic carbocycles. The molecule has 0 atom stereocenters. The molecule has 0 spiro atoms. The Balaban J connectivity index is 1.24. The molecule has 8 rings (SSSR count). The molecule has 0 unspecified atom stereocenters. The summed E-state index contributed by atoms with van der Waals surface area (Å²) >= 11 is -0.157. The van der Waals surface area contributed by atoms with Crippen LogP contribution in [0.15, 0.2) is 133 Å². The first-order chi connectivity index (χ1) is 20.7. The summed E-state index contributed by atoms with van der Waals surface area (Å²) in [6, 6.07) is 42.2. The van der Waals surface area contributed by atoms with Gasteiger partial charge < -0.3 is 0 Å². The number of ketones is 2. The molecule has 0 fully saturated rings. The summed E-state index contributed by atoms with van der Waals surface area (Å²) < 4.78 is 2.05. The van der Waals surface area contributed by atoms with E-state index < -0.39 is 0 Å². The predicted molar refractivity (Wildman–Crippen MR) is 171 cm³/mol. The van der Waals surface area contributed by atoms with Crippen LogP contribution in [0.1, 0.15) is 25.2 Å². The molecule has 0 bridgehead atoms. The summed E-state index contributed by atoms with van der Waals surface area (Å²) in [5, 5.41) is 4.72. The van der Waals surface area contributed by atoms with Crippen molar-refractivity contribution in [2.45, 2.75) is 0 Å². The van der Waals surface area contributed by atoms with Gasteiger partial charge >= 0.3 is 249 Å². The van der Waals surface area contributed by atoms with Crippen molar-refractivity contribution in [3.63, 3.8) is 0 Å². The van der Waals surface area contributed by atoms with E-state index in [-0.39, 0.29) is 31.6 Å². The van der Waals surface area contributed by atoms with Crippen molar-refractivity contribution in [1.82, 2.24) is 4.98 Å². The Morgan fingerprint density at radius 1 is 0.571 bits per heavy atom. The van der Waals surface area contributed by atoms with Gasteiger partial charge in [-0.25, -0.2) is 0 Å². The topological polar surface area (TPSA) is 50.3 Å². The zero-order valence-corrected chi connectivity index (χ0v) is 24.0. The zero-order valence-electron chi connectivity index (χ0n) is 22.3. The van der Waals surface area contributed by atoms with Crippen molar-refractivity contribution in [3.8, 4) is 0 Å². The van der Waals surface area contributed by atoms with Crippen molar-refractivity contribution in [2.24, 2.45) is 0 Å². The van der Waals surface area contributed by atoms with Gasteiger partial charge in [0.1, 0.15) is 0 Å². The molecule has 1 aliphatic rings. The Morgan fingerprint density at radius 2 is 1.17 bits per heavy atom. The van der Waals surface area contributed by atoms with Crippen molar-refractivity contribution in [2.75, 3.05) is 4.90 Å². The number of hydrogen-bond donors (Lipinski definition) is 0. The maximum absolute atomic E-state index is 13.9. The first-order valence-electron chi connectivity index (χ1n) is 13.7. The Kier molecular flexibility index (Phi) is 5.75. The summed E-state index contributed by atoms with van der Waals surface area (Å²) in [6.45, 7) is 0. The van der Waals surface area contributed by atoms with E-state index >= 15 is 0 Å². The molecule has 42 heavy (non-hydrogen) atoms. The number of allylic oxidation sites excluding steroid dienone is 1. The number of carbonyl (C=O) groups excluding carboxylic acids is 2. The van der Waals surface area contributed by atoms with E-state index in [2.05, 4.69) is 35.2 Å². The van der Waals surface area contributed by atoms with Gasteiger partial charge in [0.15, 0.2) is 0 Å². The van der Waals surface area contributed by atoms with Gasteiger partial charge in [0.05, 0.1) is 0 Å². The molecule has 0 saturated heterocycles. The second-order valence-electron chi connectivity index (χ2n) is 10.3. The van der Waals surface area contributed by atoms with Gasteiger partial charge in [-0.1, -0.05) is 0 Å². The standard InChI is InChI=1S/C37H22N2O2Se/c40-36-30(37(41)35-29-16-8-6-14-27(29)26-13-5-7-15-28(26)34(35)36)22-25-19-21-33(42-25)39(24-11-2-1-3-12-24)32-20-18-23-10-4-9-17-31(23)38-32/h1-22H. The van der Waals surface area contributed by atoms with Crippen LogP contribution in [0.4, 0.5) is 16.1 Å². The first-order valence-corrected chi connectivity index (χ1v) is 15.4. The number of benzene rings is 5. The van der Waals surface area contributed by atoms with Crippen LogP contribution >= 0.6 is 0 Å². The molecule has 4 nitrogen and oxygen atoms in total. The van der Waals surface area contributed by atoms with Crippen LogP contribution in [-0.2, 0) is 0 Å². The number of nitrogens with zero attached hydrogens (tertiary/aromatic N) is 2. The van der Waals surface area contributed by atoms with Crippen LogP contribution in [0.3, 0.4) is 0 Å². The van der Waals surface area contributed by atoms with Gasteiger partial charge in [0, 0.05) is 0 Å². The Bertz CT molecular complexity index is 2170. The Morgan fingerprint density at radius 3 is 1.86 bits per heavy atom. The molecular formula is C37H22N2O2Se. The van der Waals surface area contributed by atoms with Gasteiger partial charge in [0.2, 0.25) is 0 Å². The molecule has 198 valence electrons. The molecule has 0 saturated carbocycles. The summed E-state index contributed by atoms with van der Waals surface area (Å²) in [4.78, 5) is 34.9. The summed E-state index contributed by atoms with van der Waals surface area (Å²) in [5.74, 6) is 0.435. The molecule has 5 heteroatoms. The fourth-order valence-electron chi connectivity index (χ4n) is 5.93. The van der Waals surface area contributed by atoms with Crippen molar-refractivity contribution >= 4 is 80.7 Å². The quantitative estimate of drug-likeness (QED) is 0.0874. The molecular weight excluding hydrogens is 583 g/mol. The number of hydrogen-bond acceptors (Lipinski definition) is 4. The van der Waals surface area contributed by atoms with Crippen molar-refractivity contribution in [1.29, 1.82) is 0 Å². The monoisotopic (exact) mass is 606 g/mol. The first kappa shape index (κ1) is 24.7. The van der Waals surface area contributed by atoms with Gasteiger partial charge in [-0.2, -0.15) is 0 Å². The molecule has 0 amide bonds. The number of carbonyl (C=O) groups is 2. The van der Waals surface area contributed by atoms with Gasteiger partial charge in [-0.15, -0.1) is 0 Å². The number of pyridine rings is 1. The molecule has 2 heterocycles. The third kappa shape index (κ3) is 3.87. The second-order valence-corrected chi connectivity index (χ2v) is 12.6. The van der Waals surface area contributed by atoms with E-state index in [0.29, 0.717) is 11.1 Å². The minimum absolute atomic E-state index is 0.157.